The Morgan fingerprint density at radius 3 is 2.70 bits per heavy atom. The minimum atomic E-state index is -0.177. The standard InChI is InChI=1S/C21H30O2/c1-13(22)17-6-7-18-16-5-4-14-12-15(23)8-10-20(14,2)19(16)9-11-21(17,18)3/h8,10,12-13,16-19,22H,4-7,9,11H2,1-3H3/t13-,16+,17-,18+,19+,20-,21+/m0/s1. The van der Waals surface area contributed by atoms with Crippen LogP contribution in [0.2, 0.25) is 0 Å². The maximum Gasteiger partial charge on any atom is 0.178 e. The zero-order chi connectivity index (χ0) is 16.4. The molecule has 0 radical (unpaired) electrons. The van der Waals surface area contributed by atoms with E-state index in [2.05, 4.69) is 19.9 Å². The van der Waals surface area contributed by atoms with Gasteiger partial charge in [-0.1, -0.05) is 25.5 Å². The molecule has 0 amide bonds. The van der Waals surface area contributed by atoms with Crippen molar-refractivity contribution in [1.29, 1.82) is 0 Å². The SMILES string of the molecule is C[C@H](O)[C@@H]1CC[C@@H]2[C@H]3CCC4=CC(=O)C=C[C@]4(C)[C@@H]3CC[C@@]21C. The van der Waals surface area contributed by atoms with Gasteiger partial charge in [-0.15, -0.1) is 0 Å². The highest BCUT2D eigenvalue weighted by molar-refractivity contribution is 6.01. The summed E-state index contributed by atoms with van der Waals surface area (Å²) in [6, 6.07) is 0. The van der Waals surface area contributed by atoms with E-state index in [1.807, 2.05) is 13.0 Å². The number of hydrogen-bond donors (Lipinski definition) is 1. The Bertz CT molecular complexity index is 587. The average Bonchev–Trinajstić information content (AvgIpc) is 2.85. The maximum atomic E-state index is 11.8. The third kappa shape index (κ3) is 2.06. The van der Waals surface area contributed by atoms with Crippen molar-refractivity contribution in [3.63, 3.8) is 0 Å². The van der Waals surface area contributed by atoms with Gasteiger partial charge >= 0.3 is 0 Å². The van der Waals surface area contributed by atoms with Crippen LogP contribution in [0.25, 0.3) is 0 Å². The van der Waals surface area contributed by atoms with Gasteiger partial charge in [-0.2, -0.15) is 0 Å². The van der Waals surface area contributed by atoms with E-state index in [-0.39, 0.29) is 17.3 Å². The summed E-state index contributed by atoms with van der Waals surface area (Å²) in [6.07, 6.45) is 13.0. The van der Waals surface area contributed by atoms with E-state index in [4.69, 9.17) is 0 Å². The predicted octanol–water partition coefficient (Wildman–Crippen LogP) is 4.29. The zero-order valence-electron chi connectivity index (χ0n) is 14.7. The van der Waals surface area contributed by atoms with E-state index in [9.17, 15) is 9.90 Å². The molecule has 23 heavy (non-hydrogen) atoms. The van der Waals surface area contributed by atoms with Crippen molar-refractivity contribution in [1.82, 2.24) is 0 Å². The molecule has 0 aromatic heterocycles. The van der Waals surface area contributed by atoms with Gasteiger partial charge in [0.05, 0.1) is 6.10 Å². The summed E-state index contributed by atoms with van der Waals surface area (Å²) in [4.78, 5) is 11.8. The normalized spacial score (nSPS) is 49.9. The van der Waals surface area contributed by atoms with Gasteiger partial charge in [-0.25, -0.2) is 0 Å². The lowest BCUT2D eigenvalue weighted by atomic mass is 9.47. The highest BCUT2D eigenvalue weighted by atomic mass is 16.3. The van der Waals surface area contributed by atoms with Crippen LogP contribution in [-0.4, -0.2) is 17.0 Å². The molecule has 3 fully saturated rings. The molecule has 126 valence electrons. The van der Waals surface area contributed by atoms with E-state index in [0.717, 1.165) is 18.3 Å². The van der Waals surface area contributed by atoms with Crippen molar-refractivity contribution in [2.75, 3.05) is 0 Å². The minimum Gasteiger partial charge on any atom is -0.393 e. The summed E-state index contributed by atoms with van der Waals surface area (Å²) in [7, 11) is 0. The van der Waals surface area contributed by atoms with Gasteiger partial charge in [-0.3, -0.25) is 4.79 Å². The van der Waals surface area contributed by atoms with Crippen molar-refractivity contribution in [2.45, 2.75) is 65.4 Å². The quantitative estimate of drug-likeness (QED) is 0.784. The van der Waals surface area contributed by atoms with Crippen LogP contribution in [0.4, 0.5) is 0 Å². The van der Waals surface area contributed by atoms with Crippen LogP contribution in [0.1, 0.15) is 59.3 Å². The van der Waals surface area contributed by atoms with Gasteiger partial charge in [0.2, 0.25) is 0 Å². The molecule has 1 N–H and O–H groups in total. The number of carbonyl (C=O) groups is 1. The first kappa shape index (κ1) is 15.6. The number of carbonyl (C=O) groups excluding carboxylic acids is 1. The molecular formula is C21H30O2. The molecule has 0 aromatic rings. The lowest BCUT2D eigenvalue weighted by Crippen LogP contribution is -2.50. The molecule has 2 nitrogen and oxygen atoms in total. The Kier molecular flexibility index (Phi) is 3.43. The molecule has 0 spiro atoms. The van der Waals surface area contributed by atoms with Crippen molar-refractivity contribution >= 4 is 5.78 Å². The number of allylic oxidation sites excluding steroid dienone is 4. The van der Waals surface area contributed by atoms with E-state index < -0.39 is 0 Å². The molecule has 4 rings (SSSR count). The summed E-state index contributed by atoms with van der Waals surface area (Å²) >= 11 is 0. The Morgan fingerprint density at radius 2 is 1.96 bits per heavy atom. The number of rotatable bonds is 1. The van der Waals surface area contributed by atoms with Crippen molar-refractivity contribution < 1.29 is 9.90 Å². The molecule has 4 aliphatic rings. The predicted molar refractivity (Wildman–Crippen MR) is 91.8 cm³/mol. The fourth-order valence-electron chi connectivity index (χ4n) is 7.03. The zero-order valence-corrected chi connectivity index (χ0v) is 14.7. The molecule has 3 saturated carbocycles. The van der Waals surface area contributed by atoms with E-state index >= 15 is 0 Å². The highest BCUT2D eigenvalue weighted by Gasteiger charge is 2.58. The van der Waals surface area contributed by atoms with Crippen molar-refractivity contribution in [3.05, 3.63) is 23.8 Å². The van der Waals surface area contributed by atoms with Gasteiger partial charge < -0.3 is 5.11 Å². The largest absolute Gasteiger partial charge is 0.393 e. The Morgan fingerprint density at radius 1 is 1.17 bits per heavy atom. The van der Waals surface area contributed by atoms with E-state index in [1.165, 1.54) is 37.7 Å². The fraction of sp³-hybridized carbons (Fsp3) is 0.762. The first-order valence-corrected chi connectivity index (χ1v) is 9.48. The summed E-state index contributed by atoms with van der Waals surface area (Å²) in [5, 5.41) is 10.3. The van der Waals surface area contributed by atoms with Gasteiger partial charge in [0.15, 0.2) is 5.78 Å². The molecule has 0 bridgehead atoms. The molecular weight excluding hydrogens is 284 g/mol. The summed E-state index contributed by atoms with van der Waals surface area (Å²) in [5.74, 6) is 2.84. The lowest BCUT2D eigenvalue weighted by Gasteiger charge is -2.57. The molecule has 0 saturated heterocycles. The maximum absolute atomic E-state index is 11.8. The van der Waals surface area contributed by atoms with Crippen LogP contribution in [0.3, 0.4) is 0 Å². The minimum absolute atomic E-state index is 0.0983. The van der Waals surface area contributed by atoms with E-state index in [1.54, 1.807) is 6.08 Å². The number of ketones is 1. The second-order valence-corrected chi connectivity index (χ2v) is 9.07. The molecule has 0 aliphatic heterocycles. The highest BCUT2D eigenvalue weighted by Crippen LogP contribution is 2.66. The molecule has 2 heteroatoms. The molecule has 0 unspecified atom stereocenters. The van der Waals surface area contributed by atoms with Gasteiger partial charge in [0, 0.05) is 5.41 Å². The average molecular weight is 314 g/mol. The molecule has 4 aliphatic carbocycles. The van der Waals surface area contributed by atoms with Crippen LogP contribution in [-0.2, 0) is 4.79 Å². The molecule has 0 heterocycles. The number of aliphatic hydroxyl groups excluding tert-OH is 1. The second-order valence-electron chi connectivity index (χ2n) is 9.07. The number of fused-ring (bicyclic) bond motifs is 5. The van der Waals surface area contributed by atoms with Crippen LogP contribution in [0, 0.1) is 34.5 Å². The first-order chi connectivity index (χ1) is 10.9. The van der Waals surface area contributed by atoms with Crippen LogP contribution in [0.5, 0.6) is 0 Å². The monoisotopic (exact) mass is 314 g/mol. The van der Waals surface area contributed by atoms with Crippen LogP contribution in [0.15, 0.2) is 23.8 Å². The Labute approximate surface area is 140 Å². The van der Waals surface area contributed by atoms with Crippen LogP contribution < -0.4 is 0 Å². The molecule has 0 aromatic carbocycles. The first-order valence-electron chi connectivity index (χ1n) is 9.48. The number of hydrogen-bond acceptors (Lipinski definition) is 2. The summed E-state index contributed by atoms with van der Waals surface area (Å²) < 4.78 is 0. The lowest BCUT2D eigenvalue weighted by molar-refractivity contribution is -0.111. The smallest absolute Gasteiger partial charge is 0.178 e. The van der Waals surface area contributed by atoms with E-state index in [0.29, 0.717) is 17.3 Å². The molecule has 7 atom stereocenters. The van der Waals surface area contributed by atoms with Gasteiger partial charge in [-0.05, 0) is 86.7 Å². The van der Waals surface area contributed by atoms with Gasteiger partial charge in [0.1, 0.15) is 0 Å². The van der Waals surface area contributed by atoms with Crippen molar-refractivity contribution in [2.24, 2.45) is 34.5 Å². The topological polar surface area (TPSA) is 37.3 Å². The number of aliphatic hydroxyl groups is 1. The van der Waals surface area contributed by atoms with Crippen LogP contribution >= 0.6 is 0 Å². The van der Waals surface area contributed by atoms with Gasteiger partial charge in [0.25, 0.3) is 0 Å². The third-order valence-electron chi connectivity index (χ3n) is 8.21. The second kappa shape index (κ2) is 5.05. The third-order valence-corrected chi connectivity index (χ3v) is 8.21. The Balaban J connectivity index is 1.67. The summed E-state index contributed by atoms with van der Waals surface area (Å²) in [6.45, 7) is 6.80. The summed E-state index contributed by atoms with van der Waals surface area (Å²) in [5.41, 5.74) is 1.79. The van der Waals surface area contributed by atoms with Crippen molar-refractivity contribution in [3.8, 4) is 0 Å². The Hall–Kier alpha value is -0.890. The fourth-order valence-corrected chi connectivity index (χ4v) is 7.03.